The highest BCUT2D eigenvalue weighted by atomic mass is 16.6. The Bertz CT molecular complexity index is 810. The summed E-state index contributed by atoms with van der Waals surface area (Å²) in [6.07, 6.45) is 1.90. The first kappa shape index (κ1) is 36.9. The number of nitrogens with zero attached hydrogens (tertiary/aromatic N) is 1. The van der Waals surface area contributed by atoms with Gasteiger partial charge in [-0.25, -0.2) is 14.4 Å². The van der Waals surface area contributed by atoms with Crippen LogP contribution in [0.3, 0.4) is 0 Å². The fourth-order valence-electron chi connectivity index (χ4n) is 3.07. The van der Waals surface area contributed by atoms with E-state index in [0.29, 0.717) is 19.5 Å². The van der Waals surface area contributed by atoms with Gasteiger partial charge in [0.2, 0.25) is 11.9 Å². The molecule has 13 heteroatoms. The van der Waals surface area contributed by atoms with Gasteiger partial charge in [0.15, 0.2) is 0 Å². The first-order chi connectivity index (χ1) is 18.3. The van der Waals surface area contributed by atoms with Gasteiger partial charge in [0, 0.05) is 13.1 Å². The van der Waals surface area contributed by atoms with Gasteiger partial charge in [0.05, 0.1) is 0 Å². The summed E-state index contributed by atoms with van der Waals surface area (Å²) in [6.45, 7) is 16.6. The summed E-state index contributed by atoms with van der Waals surface area (Å²) in [5.41, 5.74) is 3.25. The molecular formula is C27H52N6O7. The molecule has 232 valence electrons. The Morgan fingerprint density at radius 2 is 1.18 bits per heavy atom. The Labute approximate surface area is 239 Å². The van der Waals surface area contributed by atoms with E-state index in [2.05, 4.69) is 26.3 Å². The molecule has 0 aliphatic rings. The summed E-state index contributed by atoms with van der Waals surface area (Å²) >= 11 is 0. The number of amides is 4. The van der Waals surface area contributed by atoms with Crippen molar-refractivity contribution in [2.45, 2.75) is 124 Å². The van der Waals surface area contributed by atoms with Gasteiger partial charge in [0.1, 0.15) is 22.8 Å². The normalized spacial score (nSPS) is 12.4. The van der Waals surface area contributed by atoms with Crippen LogP contribution in [0.2, 0.25) is 0 Å². The molecule has 6 N–H and O–H groups in total. The van der Waals surface area contributed by atoms with Crippen LogP contribution in [0.25, 0.3) is 0 Å². The van der Waals surface area contributed by atoms with Crippen molar-refractivity contribution in [1.82, 2.24) is 21.3 Å². The molecule has 0 fully saturated rings. The number of hydrogen-bond donors (Lipinski definition) is 5. The van der Waals surface area contributed by atoms with Crippen LogP contribution in [0.1, 0.15) is 101 Å². The van der Waals surface area contributed by atoms with Crippen LogP contribution >= 0.6 is 0 Å². The van der Waals surface area contributed by atoms with E-state index >= 15 is 0 Å². The van der Waals surface area contributed by atoms with E-state index in [4.69, 9.17) is 19.9 Å². The Kier molecular flexibility index (Phi) is 16.2. The van der Waals surface area contributed by atoms with Crippen LogP contribution in [-0.4, -0.2) is 72.6 Å². The average Bonchev–Trinajstić information content (AvgIpc) is 2.73. The maximum Gasteiger partial charge on any atom is 0.414 e. The molecule has 0 spiro atoms. The van der Waals surface area contributed by atoms with E-state index in [1.54, 1.807) is 62.3 Å². The second-order valence-corrected chi connectivity index (χ2v) is 12.3. The molecule has 0 radical (unpaired) electrons. The number of nitrogens with one attached hydrogen (secondary N) is 4. The SMILES string of the molecule is CC(C)(C)OC(=O)NC(=NCCCC(NC(=O)OC(C)(C)C)C(=O)NCCCCCCN)NC(=O)OC(C)(C)C. The second-order valence-electron chi connectivity index (χ2n) is 12.3. The molecule has 0 saturated heterocycles. The predicted molar refractivity (Wildman–Crippen MR) is 154 cm³/mol. The van der Waals surface area contributed by atoms with Gasteiger partial charge in [0.25, 0.3) is 0 Å². The van der Waals surface area contributed by atoms with Crippen molar-refractivity contribution in [3.8, 4) is 0 Å². The van der Waals surface area contributed by atoms with Crippen LogP contribution in [-0.2, 0) is 19.0 Å². The third-order valence-corrected chi connectivity index (χ3v) is 4.60. The van der Waals surface area contributed by atoms with Gasteiger partial charge in [-0.2, -0.15) is 0 Å². The molecule has 0 aromatic rings. The summed E-state index contributed by atoms with van der Waals surface area (Å²) in [4.78, 5) is 54.0. The van der Waals surface area contributed by atoms with Crippen LogP contribution in [0.5, 0.6) is 0 Å². The molecule has 1 unspecified atom stereocenters. The standard InChI is InChI=1S/C27H52N6O7/c1-25(2,3)38-22(35)31-19(20(34)29-17-13-11-10-12-16-28)15-14-18-30-21(32-23(36)39-26(4,5)6)33-24(37)40-27(7,8)9/h19H,10-18,28H2,1-9H3,(H,29,34)(H,31,35)(H2,30,32,33,36,37). The minimum Gasteiger partial charge on any atom is -0.444 e. The number of alkyl carbamates (subject to hydrolysis) is 3. The van der Waals surface area contributed by atoms with E-state index in [1.165, 1.54) is 0 Å². The highest BCUT2D eigenvalue weighted by molar-refractivity contribution is 6.01. The number of guanidine groups is 1. The summed E-state index contributed by atoms with van der Waals surface area (Å²) in [6, 6.07) is -0.866. The summed E-state index contributed by atoms with van der Waals surface area (Å²) < 4.78 is 15.8. The molecule has 0 rings (SSSR count). The highest BCUT2D eigenvalue weighted by Crippen LogP contribution is 2.09. The molecule has 0 saturated carbocycles. The molecule has 1 atom stereocenters. The zero-order valence-electron chi connectivity index (χ0n) is 25.8. The third kappa shape index (κ3) is 21.8. The van der Waals surface area contributed by atoms with E-state index in [1.807, 2.05) is 0 Å². The number of carbonyl (C=O) groups excluding carboxylic acids is 4. The molecule has 0 bridgehead atoms. The lowest BCUT2D eigenvalue weighted by Gasteiger charge is -2.23. The number of ether oxygens (including phenoxy) is 3. The topological polar surface area (TPSA) is 182 Å². The van der Waals surface area contributed by atoms with Gasteiger partial charge in [-0.05, 0) is 94.5 Å². The molecule has 0 heterocycles. The molecule has 0 aliphatic heterocycles. The summed E-state index contributed by atoms with van der Waals surface area (Å²) in [5, 5.41) is 10.3. The number of rotatable bonds is 12. The van der Waals surface area contributed by atoms with Crippen LogP contribution in [0.15, 0.2) is 4.99 Å². The first-order valence-corrected chi connectivity index (χ1v) is 13.8. The molecular weight excluding hydrogens is 520 g/mol. The lowest BCUT2D eigenvalue weighted by molar-refractivity contribution is -0.123. The maximum absolute atomic E-state index is 12.8. The van der Waals surface area contributed by atoms with Crippen molar-refractivity contribution in [1.29, 1.82) is 0 Å². The van der Waals surface area contributed by atoms with Crippen molar-refractivity contribution < 1.29 is 33.4 Å². The second kappa shape index (κ2) is 17.6. The maximum atomic E-state index is 12.8. The number of aliphatic imine (C=N–C) groups is 1. The Hall–Kier alpha value is -3.09. The van der Waals surface area contributed by atoms with Crippen molar-refractivity contribution in [2.24, 2.45) is 10.7 Å². The minimum atomic E-state index is -0.866. The quantitative estimate of drug-likeness (QED) is 0.101. The highest BCUT2D eigenvalue weighted by Gasteiger charge is 2.25. The molecule has 0 aliphatic carbocycles. The first-order valence-electron chi connectivity index (χ1n) is 13.8. The average molecular weight is 573 g/mol. The van der Waals surface area contributed by atoms with Crippen LogP contribution < -0.4 is 27.0 Å². The van der Waals surface area contributed by atoms with Crippen LogP contribution in [0, 0.1) is 0 Å². The van der Waals surface area contributed by atoms with Crippen molar-refractivity contribution in [3.63, 3.8) is 0 Å². The summed E-state index contributed by atoms with van der Waals surface area (Å²) in [5.74, 6) is -0.505. The Morgan fingerprint density at radius 3 is 1.65 bits per heavy atom. The van der Waals surface area contributed by atoms with Gasteiger partial charge in [-0.3, -0.25) is 20.4 Å². The molecule has 4 amide bonds. The molecule has 0 aromatic heterocycles. The fourth-order valence-corrected chi connectivity index (χ4v) is 3.07. The Morgan fingerprint density at radius 1 is 0.700 bits per heavy atom. The Balaban J connectivity index is 5.33. The predicted octanol–water partition coefficient (Wildman–Crippen LogP) is 3.70. The van der Waals surface area contributed by atoms with Gasteiger partial charge in [-0.15, -0.1) is 0 Å². The lowest BCUT2D eigenvalue weighted by atomic mass is 10.1. The fraction of sp³-hybridized carbons (Fsp3) is 0.815. The van der Waals surface area contributed by atoms with Crippen molar-refractivity contribution in [3.05, 3.63) is 0 Å². The molecule has 13 nitrogen and oxygen atoms in total. The van der Waals surface area contributed by atoms with Gasteiger partial charge >= 0.3 is 18.3 Å². The van der Waals surface area contributed by atoms with Crippen LogP contribution in [0.4, 0.5) is 14.4 Å². The largest absolute Gasteiger partial charge is 0.444 e. The number of carbonyl (C=O) groups is 4. The van der Waals surface area contributed by atoms with Gasteiger partial charge < -0.3 is 30.6 Å². The monoisotopic (exact) mass is 572 g/mol. The molecule has 40 heavy (non-hydrogen) atoms. The van der Waals surface area contributed by atoms with Crippen molar-refractivity contribution >= 4 is 30.1 Å². The zero-order valence-corrected chi connectivity index (χ0v) is 25.8. The van der Waals surface area contributed by atoms with E-state index in [-0.39, 0.29) is 24.8 Å². The van der Waals surface area contributed by atoms with E-state index < -0.39 is 41.1 Å². The van der Waals surface area contributed by atoms with Crippen molar-refractivity contribution in [2.75, 3.05) is 19.6 Å². The number of unbranched alkanes of at least 4 members (excludes halogenated alkanes) is 3. The minimum absolute atomic E-state index is 0.111. The smallest absolute Gasteiger partial charge is 0.414 e. The summed E-state index contributed by atoms with van der Waals surface area (Å²) in [7, 11) is 0. The number of hydrogen-bond acceptors (Lipinski definition) is 9. The third-order valence-electron chi connectivity index (χ3n) is 4.60. The number of nitrogens with two attached hydrogens (primary N) is 1. The molecule has 0 aromatic carbocycles. The zero-order chi connectivity index (χ0) is 31.0. The van der Waals surface area contributed by atoms with E-state index in [0.717, 1.165) is 25.7 Å². The van der Waals surface area contributed by atoms with E-state index in [9.17, 15) is 19.2 Å². The van der Waals surface area contributed by atoms with Gasteiger partial charge in [-0.1, -0.05) is 12.8 Å². The lowest BCUT2D eigenvalue weighted by Crippen LogP contribution is -2.48.